The van der Waals surface area contributed by atoms with Gasteiger partial charge in [0.25, 0.3) is 0 Å². The maximum Gasteiger partial charge on any atom is 0.174 e. The molecule has 0 unspecified atom stereocenters. The van der Waals surface area contributed by atoms with Gasteiger partial charge in [-0.15, -0.1) is 10.2 Å². The van der Waals surface area contributed by atoms with Crippen LogP contribution < -0.4 is 0 Å². The van der Waals surface area contributed by atoms with E-state index in [4.69, 9.17) is 0 Å². The van der Waals surface area contributed by atoms with Crippen molar-refractivity contribution < 1.29 is 0 Å². The fourth-order valence-corrected chi connectivity index (χ4v) is 1.59. The predicted molar refractivity (Wildman–Crippen MR) is 65.5 cm³/mol. The van der Waals surface area contributed by atoms with Gasteiger partial charge in [0.1, 0.15) is 5.69 Å². The number of benzene rings is 1. The molecule has 0 aliphatic heterocycles. The largest absolute Gasteiger partial charge is 0.351 e. The molecule has 17 heavy (non-hydrogen) atoms. The molecule has 1 N–H and O–H groups in total. The van der Waals surface area contributed by atoms with Crippen LogP contribution >= 0.6 is 0 Å². The van der Waals surface area contributed by atoms with Crippen molar-refractivity contribution in [3.63, 3.8) is 0 Å². The molecular formula is C13H9N4. The highest BCUT2D eigenvalue weighted by Gasteiger charge is 2.01. The number of H-pyrrole nitrogens is 1. The molecule has 0 amide bonds. The van der Waals surface area contributed by atoms with Gasteiger partial charge in [0.05, 0.1) is 6.20 Å². The van der Waals surface area contributed by atoms with Crippen LogP contribution in [0.4, 0.5) is 11.5 Å². The van der Waals surface area contributed by atoms with Gasteiger partial charge < -0.3 is 4.98 Å². The Morgan fingerprint density at radius 2 is 1.88 bits per heavy atom. The molecule has 4 nitrogen and oxygen atoms in total. The highest BCUT2D eigenvalue weighted by atomic mass is 15.1. The summed E-state index contributed by atoms with van der Waals surface area (Å²) in [7, 11) is 0. The van der Waals surface area contributed by atoms with Crippen LogP contribution in [0, 0.1) is 6.20 Å². The van der Waals surface area contributed by atoms with E-state index in [9.17, 15) is 0 Å². The lowest BCUT2D eigenvalue weighted by Gasteiger charge is -1.90. The van der Waals surface area contributed by atoms with Crippen LogP contribution in [0.5, 0.6) is 0 Å². The third-order valence-electron chi connectivity index (χ3n) is 2.40. The highest BCUT2D eigenvalue weighted by molar-refractivity contribution is 5.90. The number of hydrogen-bond acceptors (Lipinski definition) is 3. The maximum absolute atomic E-state index is 4.14. The third kappa shape index (κ3) is 1.92. The lowest BCUT2D eigenvalue weighted by atomic mass is 10.2. The number of rotatable bonds is 2. The smallest absolute Gasteiger partial charge is 0.174 e. The van der Waals surface area contributed by atoms with E-state index in [-0.39, 0.29) is 0 Å². The van der Waals surface area contributed by atoms with Gasteiger partial charge in [0.15, 0.2) is 5.82 Å². The van der Waals surface area contributed by atoms with Gasteiger partial charge in [-0.1, -0.05) is 24.3 Å². The van der Waals surface area contributed by atoms with Gasteiger partial charge in [-0.25, -0.2) is 4.98 Å². The molecule has 0 saturated heterocycles. The molecule has 0 spiro atoms. The van der Waals surface area contributed by atoms with Crippen LogP contribution in [0.1, 0.15) is 0 Å². The summed E-state index contributed by atoms with van der Waals surface area (Å²) in [5.41, 5.74) is 1.70. The zero-order valence-corrected chi connectivity index (χ0v) is 8.96. The van der Waals surface area contributed by atoms with Crippen molar-refractivity contribution in [1.82, 2.24) is 9.97 Å². The second-order valence-corrected chi connectivity index (χ2v) is 3.53. The zero-order valence-electron chi connectivity index (χ0n) is 8.96. The predicted octanol–water partition coefficient (Wildman–Crippen LogP) is 3.78. The van der Waals surface area contributed by atoms with E-state index in [1.54, 1.807) is 12.3 Å². The number of fused-ring (bicyclic) bond motifs is 1. The molecule has 0 fully saturated rings. The number of nitrogens with one attached hydrogen (secondary N) is 1. The van der Waals surface area contributed by atoms with Crippen LogP contribution in [0.15, 0.2) is 58.9 Å². The summed E-state index contributed by atoms with van der Waals surface area (Å²) in [6.45, 7) is 0. The first-order valence-corrected chi connectivity index (χ1v) is 5.25. The minimum Gasteiger partial charge on any atom is -0.351 e. The monoisotopic (exact) mass is 221 g/mol. The Labute approximate surface area is 98.0 Å². The van der Waals surface area contributed by atoms with E-state index < -0.39 is 0 Å². The summed E-state index contributed by atoms with van der Waals surface area (Å²) < 4.78 is 0. The molecule has 1 radical (unpaired) electrons. The standard InChI is InChI=1S/C13H9N4/c1-2-6-11-10(5-1)12(9-15-11)16-17-13-7-3-4-8-14-13/h1-8,15H. The number of pyridine rings is 1. The lowest BCUT2D eigenvalue weighted by molar-refractivity contribution is 1.16. The van der Waals surface area contributed by atoms with Gasteiger partial charge in [-0.2, -0.15) is 0 Å². The Bertz CT molecular complexity index is 655. The van der Waals surface area contributed by atoms with Gasteiger partial charge in [-0.3, -0.25) is 0 Å². The average Bonchev–Trinajstić information content (AvgIpc) is 2.81. The van der Waals surface area contributed by atoms with Crippen molar-refractivity contribution in [3.8, 4) is 0 Å². The minimum absolute atomic E-state index is 0.589. The first-order chi connectivity index (χ1) is 8.43. The van der Waals surface area contributed by atoms with Crippen LogP contribution in [0.25, 0.3) is 10.9 Å². The number of para-hydroxylation sites is 1. The molecular weight excluding hydrogens is 212 g/mol. The molecule has 1 aromatic carbocycles. The number of azo groups is 1. The van der Waals surface area contributed by atoms with Crippen molar-refractivity contribution in [1.29, 1.82) is 0 Å². The first kappa shape index (κ1) is 9.72. The molecule has 3 rings (SSSR count). The molecule has 0 atom stereocenters. The number of hydrogen-bond donors (Lipinski definition) is 1. The topological polar surface area (TPSA) is 53.4 Å². The summed E-state index contributed by atoms with van der Waals surface area (Å²) in [5, 5.41) is 9.21. The summed E-state index contributed by atoms with van der Waals surface area (Å²) in [5.74, 6) is 0.589. The fraction of sp³-hybridized carbons (Fsp3) is 0. The van der Waals surface area contributed by atoms with Crippen molar-refractivity contribution in [2.24, 2.45) is 10.2 Å². The highest BCUT2D eigenvalue weighted by Crippen LogP contribution is 2.25. The van der Waals surface area contributed by atoms with Gasteiger partial charge in [-0.05, 0) is 18.2 Å². The maximum atomic E-state index is 4.14. The zero-order chi connectivity index (χ0) is 11.5. The number of nitrogens with zero attached hydrogens (tertiary/aromatic N) is 3. The Morgan fingerprint density at radius 3 is 2.76 bits per heavy atom. The van der Waals surface area contributed by atoms with E-state index in [1.807, 2.05) is 36.4 Å². The van der Waals surface area contributed by atoms with E-state index in [0.29, 0.717) is 11.5 Å². The Morgan fingerprint density at radius 1 is 1.00 bits per heavy atom. The van der Waals surface area contributed by atoms with E-state index >= 15 is 0 Å². The lowest BCUT2D eigenvalue weighted by Crippen LogP contribution is -1.68. The normalized spacial score (nSPS) is 11.3. The van der Waals surface area contributed by atoms with E-state index in [0.717, 1.165) is 10.9 Å². The molecule has 2 heterocycles. The van der Waals surface area contributed by atoms with Crippen LogP contribution in [-0.4, -0.2) is 9.97 Å². The van der Waals surface area contributed by atoms with Crippen LogP contribution in [-0.2, 0) is 0 Å². The quantitative estimate of drug-likeness (QED) is 0.658. The molecule has 0 bridgehead atoms. The third-order valence-corrected chi connectivity index (χ3v) is 2.40. The minimum atomic E-state index is 0.589. The second-order valence-electron chi connectivity index (χ2n) is 3.53. The molecule has 2 aromatic heterocycles. The Hall–Kier alpha value is -2.49. The molecule has 4 heteroatoms. The molecule has 3 aromatic rings. The first-order valence-electron chi connectivity index (χ1n) is 5.25. The van der Waals surface area contributed by atoms with Crippen molar-refractivity contribution in [2.75, 3.05) is 0 Å². The van der Waals surface area contributed by atoms with E-state index in [1.165, 1.54) is 0 Å². The van der Waals surface area contributed by atoms with Crippen LogP contribution in [0.3, 0.4) is 0 Å². The summed E-state index contributed by atoms with van der Waals surface area (Å²) >= 11 is 0. The van der Waals surface area contributed by atoms with Gasteiger partial charge >= 0.3 is 0 Å². The summed E-state index contributed by atoms with van der Waals surface area (Å²) in [4.78, 5) is 7.10. The van der Waals surface area contributed by atoms with E-state index in [2.05, 4.69) is 26.4 Å². The number of aromatic nitrogens is 2. The van der Waals surface area contributed by atoms with Crippen molar-refractivity contribution in [3.05, 3.63) is 54.9 Å². The average molecular weight is 221 g/mol. The van der Waals surface area contributed by atoms with Crippen LogP contribution in [0.2, 0.25) is 0 Å². The Balaban J connectivity index is 1.98. The number of aromatic amines is 1. The fourth-order valence-electron chi connectivity index (χ4n) is 1.59. The SMILES string of the molecule is [c]1[nH]c2ccccc2c1N=Nc1ccccn1. The molecule has 0 saturated carbocycles. The molecule has 81 valence electrons. The van der Waals surface area contributed by atoms with Gasteiger partial charge in [0.2, 0.25) is 0 Å². The van der Waals surface area contributed by atoms with Gasteiger partial charge in [0, 0.05) is 17.1 Å². The van der Waals surface area contributed by atoms with Crippen molar-refractivity contribution >= 4 is 22.4 Å². The molecule has 0 aliphatic carbocycles. The van der Waals surface area contributed by atoms with Crippen molar-refractivity contribution in [2.45, 2.75) is 0 Å². The molecule has 0 aliphatic rings. The summed E-state index contributed by atoms with van der Waals surface area (Å²) in [6.07, 6.45) is 4.66. The Kier molecular flexibility index (Phi) is 2.38. The summed E-state index contributed by atoms with van der Waals surface area (Å²) in [6, 6.07) is 13.4. The second kappa shape index (κ2) is 4.17.